The number of amides is 2. The number of ether oxygens (including phenoxy) is 1. The molecule has 244 valence electrons. The van der Waals surface area contributed by atoms with E-state index in [0.717, 1.165) is 36.2 Å². The lowest BCUT2D eigenvalue weighted by molar-refractivity contribution is -0.148. The van der Waals surface area contributed by atoms with Crippen LogP contribution in [0.2, 0.25) is 5.02 Å². The van der Waals surface area contributed by atoms with Crippen LogP contribution in [-0.2, 0) is 25.6 Å². The molecule has 0 saturated carbocycles. The van der Waals surface area contributed by atoms with Crippen LogP contribution in [-0.4, -0.2) is 59.7 Å². The van der Waals surface area contributed by atoms with Gasteiger partial charge in [0.1, 0.15) is 11.6 Å². The largest absolute Gasteiger partial charge is 0.456 e. The number of esters is 1. The third-order valence-electron chi connectivity index (χ3n) is 8.36. The Morgan fingerprint density at radius 1 is 1.04 bits per heavy atom. The number of hydrogen-bond donors (Lipinski definition) is 2. The topological polar surface area (TPSA) is 109 Å². The molecular weight excluding hydrogens is 623 g/mol. The molecule has 3 aromatic carbocycles. The summed E-state index contributed by atoms with van der Waals surface area (Å²) in [7, 11) is 0. The van der Waals surface area contributed by atoms with E-state index in [4.69, 9.17) is 21.2 Å². The Kier molecular flexibility index (Phi) is 9.16. The third kappa shape index (κ3) is 6.94. The van der Waals surface area contributed by atoms with Gasteiger partial charge in [0.2, 0.25) is 6.10 Å². The van der Waals surface area contributed by atoms with E-state index in [1.54, 1.807) is 51.1 Å². The zero-order valence-corrected chi connectivity index (χ0v) is 27.2. The number of oxime groups is 1. The van der Waals surface area contributed by atoms with Crippen molar-refractivity contribution in [3.63, 3.8) is 0 Å². The van der Waals surface area contributed by atoms with Gasteiger partial charge in [-0.05, 0) is 98.8 Å². The smallest absolute Gasteiger partial charge is 0.338 e. The maximum absolute atomic E-state index is 14.8. The summed E-state index contributed by atoms with van der Waals surface area (Å²) in [5.41, 5.74) is 4.63. The Labute approximate surface area is 277 Å². The molecule has 11 heteroatoms. The number of halogens is 2. The first-order valence-corrected chi connectivity index (χ1v) is 16.0. The molecule has 9 nitrogen and oxygen atoms in total. The Balaban J connectivity index is 1.28. The van der Waals surface area contributed by atoms with E-state index >= 15 is 0 Å². The van der Waals surface area contributed by atoms with Crippen LogP contribution < -0.4 is 10.6 Å². The predicted molar refractivity (Wildman–Crippen MR) is 178 cm³/mol. The fourth-order valence-electron chi connectivity index (χ4n) is 6.18. The molecule has 2 atom stereocenters. The van der Waals surface area contributed by atoms with Crippen molar-refractivity contribution in [3.8, 4) is 0 Å². The molecule has 2 N–H and O–H groups in total. The lowest BCUT2D eigenvalue weighted by atomic mass is 9.84. The Bertz CT molecular complexity index is 1780. The van der Waals surface area contributed by atoms with Gasteiger partial charge >= 0.3 is 5.97 Å². The van der Waals surface area contributed by atoms with Crippen LogP contribution in [0.1, 0.15) is 72.3 Å². The summed E-state index contributed by atoms with van der Waals surface area (Å²) in [6, 6.07) is 15.9. The third-order valence-corrected chi connectivity index (χ3v) is 8.65. The summed E-state index contributed by atoms with van der Waals surface area (Å²) < 4.78 is 20.2. The Morgan fingerprint density at radius 2 is 1.79 bits per heavy atom. The SMILES string of the molecule is CC(C)(C)OC(=O)c1ccc(NC(=O)[C@@H]2c3cccc(C4=CCNCC4)c3CCN2C(=O)[C@H]2CC(c3cccc(Cl)c3F)=NO2)cc1. The van der Waals surface area contributed by atoms with Crippen molar-refractivity contribution in [2.75, 3.05) is 25.0 Å². The van der Waals surface area contributed by atoms with E-state index < -0.39 is 41.3 Å². The molecular formula is C36H36ClFN4O5. The molecule has 0 bridgehead atoms. The van der Waals surface area contributed by atoms with Crippen LogP contribution in [0, 0.1) is 5.82 Å². The van der Waals surface area contributed by atoms with Crippen molar-refractivity contribution in [1.82, 2.24) is 10.2 Å². The molecule has 0 unspecified atom stereocenters. The molecule has 3 heterocycles. The summed E-state index contributed by atoms with van der Waals surface area (Å²) in [5, 5.41) is 10.3. The maximum atomic E-state index is 14.8. The van der Waals surface area contributed by atoms with Crippen molar-refractivity contribution in [2.24, 2.45) is 5.16 Å². The maximum Gasteiger partial charge on any atom is 0.338 e. The Hall–Kier alpha value is -4.54. The van der Waals surface area contributed by atoms with Gasteiger partial charge in [-0.25, -0.2) is 9.18 Å². The first kappa shape index (κ1) is 32.4. The number of benzene rings is 3. The molecule has 0 spiro atoms. The number of nitrogens with one attached hydrogen (secondary N) is 2. The Morgan fingerprint density at radius 3 is 2.51 bits per heavy atom. The van der Waals surface area contributed by atoms with E-state index in [0.29, 0.717) is 17.7 Å². The van der Waals surface area contributed by atoms with Gasteiger partial charge in [0.15, 0.2) is 5.82 Å². The zero-order valence-electron chi connectivity index (χ0n) is 26.4. The number of fused-ring (bicyclic) bond motifs is 1. The number of hydrogen-bond acceptors (Lipinski definition) is 7. The van der Waals surface area contributed by atoms with Crippen LogP contribution in [0.4, 0.5) is 10.1 Å². The second kappa shape index (κ2) is 13.3. The fourth-order valence-corrected chi connectivity index (χ4v) is 6.35. The zero-order chi connectivity index (χ0) is 33.3. The molecule has 6 rings (SSSR count). The standard InChI is InChI=1S/C36H36ClFN4O5/c1-36(2,3)46-35(45)22-10-12-23(13-11-22)40-33(43)32-26-7-4-6-24(21-14-17-39-18-15-21)25(26)16-19-42(32)34(44)30-20-29(41-47-30)27-8-5-9-28(37)31(27)38/h4-14,30,32,39H,15-20H2,1-3H3,(H,40,43)/t30-,32+/m1/s1. The summed E-state index contributed by atoms with van der Waals surface area (Å²) in [6.45, 7) is 7.27. The number of carbonyl (C=O) groups excluding carboxylic acids is 3. The summed E-state index contributed by atoms with van der Waals surface area (Å²) >= 11 is 5.98. The van der Waals surface area contributed by atoms with Crippen molar-refractivity contribution in [2.45, 2.75) is 57.8 Å². The first-order valence-electron chi connectivity index (χ1n) is 15.6. The minimum atomic E-state index is -1.04. The molecule has 3 aliphatic heterocycles. The molecule has 0 radical (unpaired) electrons. The lowest BCUT2D eigenvalue weighted by Gasteiger charge is -2.38. The normalized spacial score (nSPS) is 19.2. The van der Waals surface area contributed by atoms with Crippen molar-refractivity contribution in [1.29, 1.82) is 0 Å². The predicted octanol–water partition coefficient (Wildman–Crippen LogP) is 6.07. The van der Waals surface area contributed by atoms with E-state index in [-0.39, 0.29) is 29.3 Å². The number of anilines is 1. The van der Waals surface area contributed by atoms with Gasteiger partial charge in [0, 0.05) is 30.8 Å². The van der Waals surface area contributed by atoms with E-state index in [1.807, 2.05) is 12.1 Å². The lowest BCUT2D eigenvalue weighted by Crippen LogP contribution is -2.49. The highest BCUT2D eigenvalue weighted by molar-refractivity contribution is 6.31. The van der Waals surface area contributed by atoms with Gasteiger partial charge in [-0.1, -0.05) is 47.1 Å². The quantitative estimate of drug-likeness (QED) is 0.311. The molecule has 3 aromatic rings. The van der Waals surface area contributed by atoms with Crippen LogP contribution in [0.3, 0.4) is 0 Å². The van der Waals surface area contributed by atoms with Crippen molar-refractivity contribution >= 4 is 46.4 Å². The molecule has 0 aromatic heterocycles. The minimum absolute atomic E-state index is 0.0276. The van der Waals surface area contributed by atoms with Crippen LogP contribution in [0.15, 0.2) is 71.9 Å². The van der Waals surface area contributed by atoms with Crippen molar-refractivity contribution in [3.05, 3.63) is 105 Å². The second-order valence-corrected chi connectivity index (χ2v) is 13.2. The van der Waals surface area contributed by atoms with Gasteiger partial charge < -0.3 is 25.1 Å². The average molecular weight is 659 g/mol. The monoisotopic (exact) mass is 658 g/mol. The van der Waals surface area contributed by atoms with Gasteiger partial charge in [-0.3, -0.25) is 9.59 Å². The summed E-state index contributed by atoms with van der Waals surface area (Å²) in [5.74, 6) is -1.94. The van der Waals surface area contributed by atoms with Crippen LogP contribution in [0.5, 0.6) is 0 Å². The van der Waals surface area contributed by atoms with Crippen molar-refractivity contribution < 1.29 is 28.3 Å². The average Bonchev–Trinajstić information content (AvgIpc) is 3.55. The molecule has 0 fully saturated rings. The molecule has 0 saturated heterocycles. The second-order valence-electron chi connectivity index (χ2n) is 12.7. The van der Waals surface area contributed by atoms with Gasteiger partial charge in [0.05, 0.1) is 16.3 Å². The van der Waals surface area contributed by atoms with Gasteiger partial charge in [-0.2, -0.15) is 0 Å². The fraction of sp³-hybridized carbons (Fsp3) is 0.333. The highest BCUT2D eigenvalue weighted by Gasteiger charge is 2.42. The molecule has 47 heavy (non-hydrogen) atoms. The highest BCUT2D eigenvalue weighted by Crippen LogP contribution is 2.37. The van der Waals surface area contributed by atoms with Crippen LogP contribution in [0.25, 0.3) is 5.57 Å². The van der Waals surface area contributed by atoms with E-state index in [1.165, 1.54) is 22.6 Å². The number of nitrogens with zero attached hydrogens (tertiary/aromatic N) is 2. The number of carbonyl (C=O) groups is 3. The molecule has 3 aliphatic rings. The number of rotatable bonds is 6. The summed E-state index contributed by atoms with van der Waals surface area (Å²) in [6.07, 6.45) is 2.55. The van der Waals surface area contributed by atoms with E-state index in [9.17, 15) is 18.8 Å². The van der Waals surface area contributed by atoms with Crippen LogP contribution >= 0.6 is 11.6 Å². The minimum Gasteiger partial charge on any atom is -0.456 e. The van der Waals surface area contributed by atoms with Gasteiger partial charge in [0.25, 0.3) is 11.8 Å². The highest BCUT2D eigenvalue weighted by atomic mass is 35.5. The van der Waals surface area contributed by atoms with E-state index in [2.05, 4.69) is 27.9 Å². The first-order chi connectivity index (χ1) is 22.5. The molecule has 2 amide bonds. The van der Waals surface area contributed by atoms with Gasteiger partial charge in [-0.15, -0.1) is 0 Å². The molecule has 0 aliphatic carbocycles. The summed E-state index contributed by atoms with van der Waals surface area (Å²) in [4.78, 5) is 47.8.